The lowest BCUT2D eigenvalue weighted by Gasteiger charge is -2.08. The van der Waals surface area contributed by atoms with Gasteiger partial charge < -0.3 is 9.47 Å². The lowest BCUT2D eigenvalue weighted by molar-refractivity contribution is -0.139. The number of rotatable bonds is 6. The standard InChI is InChI=1S/C20H18O4S/c1-13(2)20(22)24-11-5-10-23-14-8-9-18-16(12-14)19(21)15-6-3-4-7-17(15)25-18/h3-4,6-9,12H,1,5,10-11H2,2H3. The van der Waals surface area contributed by atoms with Crippen LogP contribution in [0.3, 0.4) is 0 Å². The second kappa shape index (κ2) is 7.49. The highest BCUT2D eigenvalue weighted by Crippen LogP contribution is 2.27. The first-order valence-electron chi connectivity index (χ1n) is 7.97. The van der Waals surface area contributed by atoms with E-state index in [2.05, 4.69) is 6.58 Å². The largest absolute Gasteiger partial charge is 0.493 e. The zero-order valence-electron chi connectivity index (χ0n) is 13.9. The summed E-state index contributed by atoms with van der Waals surface area (Å²) in [4.78, 5) is 23.9. The fourth-order valence-corrected chi connectivity index (χ4v) is 3.46. The van der Waals surface area contributed by atoms with Crippen LogP contribution in [0.2, 0.25) is 0 Å². The van der Waals surface area contributed by atoms with E-state index in [4.69, 9.17) is 9.47 Å². The van der Waals surface area contributed by atoms with Crippen molar-refractivity contribution in [2.45, 2.75) is 13.3 Å². The van der Waals surface area contributed by atoms with E-state index in [-0.39, 0.29) is 12.0 Å². The number of carbonyl (C=O) groups is 1. The minimum Gasteiger partial charge on any atom is -0.493 e. The number of hydrogen-bond donors (Lipinski definition) is 0. The van der Waals surface area contributed by atoms with E-state index in [0.717, 1.165) is 14.8 Å². The summed E-state index contributed by atoms with van der Waals surface area (Å²) in [5.74, 6) is 0.244. The summed E-state index contributed by atoms with van der Waals surface area (Å²) in [6, 6.07) is 13.1. The molecule has 0 atom stereocenters. The van der Waals surface area contributed by atoms with Crippen LogP contribution in [-0.2, 0) is 9.53 Å². The van der Waals surface area contributed by atoms with Gasteiger partial charge in [-0.25, -0.2) is 4.79 Å². The Kier molecular flexibility index (Phi) is 5.14. The molecule has 128 valence electrons. The lowest BCUT2D eigenvalue weighted by Crippen LogP contribution is -2.09. The third-order valence-corrected chi connectivity index (χ3v) is 4.84. The predicted molar refractivity (Wildman–Crippen MR) is 101 cm³/mol. The molecule has 0 amide bonds. The predicted octanol–water partition coefficient (Wildman–Crippen LogP) is 4.30. The van der Waals surface area contributed by atoms with Crippen molar-refractivity contribution in [2.24, 2.45) is 0 Å². The van der Waals surface area contributed by atoms with Crippen LogP contribution >= 0.6 is 11.3 Å². The average Bonchev–Trinajstić information content (AvgIpc) is 2.62. The van der Waals surface area contributed by atoms with Crippen LogP contribution < -0.4 is 10.2 Å². The van der Waals surface area contributed by atoms with E-state index < -0.39 is 5.97 Å². The highest BCUT2D eigenvalue weighted by atomic mass is 32.1. The monoisotopic (exact) mass is 354 g/mol. The quantitative estimate of drug-likeness (QED) is 0.287. The molecule has 0 bridgehead atoms. The summed E-state index contributed by atoms with van der Waals surface area (Å²) in [5.41, 5.74) is 0.400. The van der Waals surface area contributed by atoms with Crippen LogP contribution in [0, 0.1) is 0 Å². The van der Waals surface area contributed by atoms with Gasteiger partial charge in [0, 0.05) is 32.2 Å². The van der Waals surface area contributed by atoms with E-state index >= 15 is 0 Å². The molecule has 1 heterocycles. The van der Waals surface area contributed by atoms with Crippen LogP contribution in [0.25, 0.3) is 20.2 Å². The van der Waals surface area contributed by atoms with Crippen molar-refractivity contribution in [1.82, 2.24) is 0 Å². The normalized spacial score (nSPS) is 10.8. The Labute approximate surface area is 149 Å². The number of hydrogen-bond acceptors (Lipinski definition) is 5. The highest BCUT2D eigenvalue weighted by Gasteiger charge is 2.07. The van der Waals surface area contributed by atoms with E-state index in [1.807, 2.05) is 36.4 Å². The van der Waals surface area contributed by atoms with E-state index in [0.29, 0.717) is 29.7 Å². The van der Waals surface area contributed by atoms with E-state index in [1.165, 1.54) is 0 Å². The molecule has 0 radical (unpaired) electrons. The minimum absolute atomic E-state index is 0.0187. The van der Waals surface area contributed by atoms with Crippen molar-refractivity contribution in [3.05, 3.63) is 64.8 Å². The van der Waals surface area contributed by atoms with Gasteiger partial charge in [0.1, 0.15) is 5.75 Å². The summed E-state index contributed by atoms with van der Waals surface area (Å²) in [5, 5.41) is 1.39. The van der Waals surface area contributed by atoms with Gasteiger partial charge in [-0.1, -0.05) is 18.7 Å². The summed E-state index contributed by atoms with van der Waals surface area (Å²) in [6.07, 6.45) is 0.571. The molecule has 0 unspecified atom stereocenters. The molecule has 0 aliphatic rings. The Bertz CT molecular complexity index is 1000. The molecule has 0 fully saturated rings. The van der Waals surface area contributed by atoms with Gasteiger partial charge >= 0.3 is 5.97 Å². The van der Waals surface area contributed by atoms with Crippen molar-refractivity contribution in [1.29, 1.82) is 0 Å². The molecule has 0 aliphatic heterocycles. The van der Waals surface area contributed by atoms with Gasteiger partial charge in [0.25, 0.3) is 0 Å². The Morgan fingerprint density at radius 2 is 1.84 bits per heavy atom. The van der Waals surface area contributed by atoms with Crippen molar-refractivity contribution in [3.63, 3.8) is 0 Å². The highest BCUT2D eigenvalue weighted by molar-refractivity contribution is 7.24. The zero-order valence-corrected chi connectivity index (χ0v) is 14.7. The first-order valence-corrected chi connectivity index (χ1v) is 8.79. The van der Waals surface area contributed by atoms with Crippen molar-refractivity contribution < 1.29 is 14.3 Å². The maximum Gasteiger partial charge on any atom is 0.333 e. The second-order valence-electron chi connectivity index (χ2n) is 5.70. The zero-order chi connectivity index (χ0) is 17.8. The molecular weight excluding hydrogens is 336 g/mol. The number of esters is 1. The van der Waals surface area contributed by atoms with Crippen LogP contribution in [-0.4, -0.2) is 19.2 Å². The molecule has 0 N–H and O–H groups in total. The first kappa shape index (κ1) is 17.2. The molecule has 2 aromatic carbocycles. The molecule has 0 saturated heterocycles. The maximum absolute atomic E-state index is 12.6. The van der Waals surface area contributed by atoms with E-state index in [1.54, 1.807) is 24.3 Å². The molecule has 3 rings (SSSR count). The summed E-state index contributed by atoms with van der Waals surface area (Å²) in [7, 11) is 0. The molecule has 4 nitrogen and oxygen atoms in total. The molecule has 0 saturated carbocycles. The number of fused-ring (bicyclic) bond motifs is 2. The number of carbonyl (C=O) groups excluding carboxylic acids is 1. The molecule has 5 heteroatoms. The van der Waals surface area contributed by atoms with Gasteiger partial charge in [-0.2, -0.15) is 0 Å². The van der Waals surface area contributed by atoms with Crippen LogP contribution in [0.5, 0.6) is 5.75 Å². The molecular formula is C20H18O4S. The average molecular weight is 354 g/mol. The van der Waals surface area contributed by atoms with Crippen LogP contribution in [0.15, 0.2) is 59.4 Å². The molecule has 3 aromatic rings. The Balaban J connectivity index is 1.70. The number of benzene rings is 2. The minimum atomic E-state index is -0.393. The van der Waals surface area contributed by atoms with Gasteiger partial charge in [0.05, 0.1) is 13.2 Å². The summed E-state index contributed by atoms with van der Waals surface area (Å²) in [6.45, 7) is 5.82. The topological polar surface area (TPSA) is 52.6 Å². The lowest BCUT2D eigenvalue weighted by atomic mass is 10.2. The van der Waals surface area contributed by atoms with Gasteiger partial charge in [-0.05, 0) is 37.3 Å². The van der Waals surface area contributed by atoms with Crippen molar-refractivity contribution in [2.75, 3.05) is 13.2 Å². The third-order valence-electron chi connectivity index (χ3n) is 3.69. The number of ether oxygens (including phenoxy) is 2. The van der Waals surface area contributed by atoms with E-state index in [9.17, 15) is 9.59 Å². The second-order valence-corrected chi connectivity index (χ2v) is 6.79. The Morgan fingerprint density at radius 3 is 2.64 bits per heavy atom. The van der Waals surface area contributed by atoms with Crippen LogP contribution in [0.1, 0.15) is 13.3 Å². The van der Waals surface area contributed by atoms with Gasteiger partial charge in [-0.15, -0.1) is 11.3 Å². The molecule has 25 heavy (non-hydrogen) atoms. The van der Waals surface area contributed by atoms with Crippen LogP contribution in [0.4, 0.5) is 0 Å². The van der Waals surface area contributed by atoms with Gasteiger partial charge in [-0.3, -0.25) is 4.79 Å². The van der Waals surface area contributed by atoms with Gasteiger partial charge in [0.2, 0.25) is 0 Å². The fourth-order valence-electron chi connectivity index (χ4n) is 2.41. The third kappa shape index (κ3) is 3.88. The maximum atomic E-state index is 12.6. The van der Waals surface area contributed by atoms with Crippen molar-refractivity contribution in [3.8, 4) is 5.75 Å². The smallest absolute Gasteiger partial charge is 0.333 e. The Hall–Kier alpha value is -2.66. The molecule has 0 aliphatic carbocycles. The summed E-state index contributed by atoms with van der Waals surface area (Å²) >= 11 is 1.59. The van der Waals surface area contributed by atoms with Gasteiger partial charge in [0.15, 0.2) is 5.43 Å². The summed E-state index contributed by atoms with van der Waals surface area (Å²) < 4.78 is 12.6. The van der Waals surface area contributed by atoms with Crippen molar-refractivity contribution >= 4 is 37.5 Å². The fraction of sp³-hybridized carbons (Fsp3) is 0.200. The molecule has 0 spiro atoms. The molecule has 1 aromatic heterocycles. The Morgan fingerprint density at radius 1 is 1.08 bits per heavy atom. The first-order chi connectivity index (χ1) is 12.1. The SMILES string of the molecule is C=C(C)C(=O)OCCCOc1ccc2sc3ccccc3c(=O)c2c1.